The first-order valence-corrected chi connectivity index (χ1v) is 4.65. The van der Waals surface area contributed by atoms with Gasteiger partial charge in [0.2, 0.25) is 0 Å². The third kappa shape index (κ3) is 3.47. The molecular weight excluding hydrogens is 215 g/mol. The van der Waals surface area contributed by atoms with Crippen LogP contribution in [0.5, 0.6) is 5.75 Å². The van der Waals surface area contributed by atoms with Crippen molar-refractivity contribution in [1.82, 2.24) is 0 Å². The standard InChI is InChI=1S/C10H13FN2O3/c1-10(2,12)6-16-9-5-7(11)3-4-8(9)13(14)15/h3-5H,6,12H2,1-2H3. The van der Waals surface area contributed by atoms with Gasteiger partial charge in [-0.15, -0.1) is 0 Å². The zero-order valence-electron chi connectivity index (χ0n) is 9.07. The van der Waals surface area contributed by atoms with Gasteiger partial charge in [-0.1, -0.05) is 0 Å². The van der Waals surface area contributed by atoms with E-state index in [9.17, 15) is 14.5 Å². The van der Waals surface area contributed by atoms with Gasteiger partial charge in [-0.3, -0.25) is 10.1 Å². The Kier molecular flexibility index (Phi) is 3.44. The summed E-state index contributed by atoms with van der Waals surface area (Å²) in [6.07, 6.45) is 0. The van der Waals surface area contributed by atoms with Gasteiger partial charge < -0.3 is 10.5 Å². The first kappa shape index (κ1) is 12.4. The summed E-state index contributed by atoms with van der Waals surface area (Å²) in [6, 6.07) is 3.05. The van der Waals surface area contributed by atoms with Crippen molar-refractivity contribution in [3.63, 3.8) is 0 Å². The Hall–Kier alpha value is -1.69. The fourth-order valence-corrected chi connectivity index (χ4v) is 1.02. The fraction of sp³-hybridized carbons (Fsp3) is 0.400. The molecule has 1 aromatic carbocycles. The van der Waals surface area contributed by atoms with Gasteiger partial charge in [0.05, 0.1) is 4.92 Å². The predicted octanol–water partition coefficient (Wildman–Crippen LogP) is 1.85. The van der Waals surface area contributed by atoms with Crippen molar-refractivity contribution in [3.8, 4) is 5.75 Å². The second-order valence-corrected chi connectivity index (χ2v) is 4.15. The molecule has 1 rings (SSSR count). The Bertz CT molecular complexity index is 402. The monoisotopic (exact) mass is 228 g/mol. The average Bonchev–Trinajstić information content (AvgIpc) is 2.13. The fourth-order valence-electron chi connectivity index (χ4n) is 1.02. The highest BCUT2D eigenvalue weighted by molar-refractivity contribution is 5.46. The Morgan fingerprint density at radius 1 is 1.56 bits per heavy atom. The molecule has 1 aromatic rings. The number of nitrogens with zero attached hydrogens (tertiary/aromatic N) is 1. The molecule has 0 aliphatic carbocycles. The normalized spacial score (nSPS) is 11.2. The minimum atomic E-state index is -0.639. The number of hydrogen-bond donors (Lipinski definition) is 1. The van der Waals surface area contributed by atoms with E-state index in [-0.39, 0.29) is 18.0 Å². The van der Waals surface area contributed by atoms with E-state index in [0.717, 1.165) is 18.2 Å². The molecule has 0 fully saturated rings. The first-order valence-electron chi connectivity index (χ1n) is 4.65. The summed E-state index contributed by atoms with van der Waals surface area (Å²) in [5.74, 6) is -0.695. The molecule has 0 atom stereocenters. The van der Waals surface area contributed by atoms with E-state index >= 15 is 0 Å². The van der Waals surface area contributed by atoms with Crippen molar-refractivity contribution in [1.29, 1.82) is 0 Å². The highest BCUT2D eigenvalue weighted by Gasteiger charge is 2.19. The Labute approximate surface area is 92.2 Å². The lowest BCUT2D eigenvalue weighted by molar-refractivity contribution is -0.386. The smallest absolute Gasteiger partial charge is 0.311 e. The summed E-state index contributed by atoms with van der Waals surface area (Å²) < 4.78 is 18.0. The summed E-state index contributed by atoms with van der Waals surface area (Å²) in [6.45, 7) is 3.48. The van der Waals surface area contributed by atoms with Gasteiger partial charge in [0.15, 0.2) is 5.75 Å². The van der Waals surface area contributed by atoms with E-state index in [0.29, 0.717) is 0 Å². The summed E-state index contributed by atoms with van der Waals surface area (Å²) in [5, 5.41) is 10.6. The largest absolute Gasteiger partial charge is 0.485 e. The van der Waals surface area contributed by atoms with Crippen molar-refractivity contribution < 1.29 is 14.1 Å². The Balaban J connectivity index is 2.93. The summed E-state index contributed by atoms with van der Waals surface area (Å²) in [5.41, 5.74) is 4.75. The molecule has 0 bridgehead atoms. The molecule has 0 saturated carbocycles. The van der Waals surface area contributed by atoms with Crippen LogP contribution in [0.4, 0.5) is 10.1 Å². The van der Waals surface area contributed by atoms with Crippen molar-refractivity contribution >= 4 is 5.69 Å². The molecule has 2 N–H and O–H groups in total. The predicted molar refractivity (Wildman–Crippen MR) is 56.8 cm³/mol. The minimum absolute atomic E-state index is 0.0668. The van der Waals surface area contributed by atoms with Crippen molar-refractivity contribution in [2.45, 2.75) is 19.4 Å². The topological polar surface area (TPSA) is 78.4 Å². The minimum Gasteiger partial charge on any atom is -0.485 e. The molecule has 0 saturated heterocycles. The summed E-state index contributed by atoms with van der Waals surface area (Å²) in [7, 11) is 0. The van der Waals surface area contributed by atoms with E-state index in [2.05, 4.69) is 0 Å². The Morgan fingerprint density at radius 2 is 2.19 bits per heavy atom. The van der Waals surface area contributed by atoms with Gasteiger partial charge in [-0.2, -0.15) is 0 Å². The molecule has 0 aliphatic heterocycles. The van der Waals surface area contributed by atoms with Gasteiger partial charge >= 0.3 is 5.69 Å². The number of halogens is 1. The maximum Gasteiger partial charge on any atom is 0.311 e. The third-order valence-electron chi connectivity index (χ3n) is 1.72. The van der Waals surface area contributed by atoms with Crippen LogP contribution in [0.15, 0.2) is 18.2 Å². The van der Waals surface area contributed by atoms with Crippen LogP contribution < -0.4 is 10.5 Å². The van der Waals surface area contributed by atoms with Gasteiger partial charge in [0.25, 0.3) is 0 Å². The van der Waals surface area contributed by atoms with Crippen LogP contribution in [-0.4, -0.2) is 17.1 Å². The second-order valence-electron chi connectivity index (χ2n) is 4.15. The molecule has 0 heterocycles. The van der Waals surface area contributed by atoms with E-state index < -0.39 is 16.3 Å². The van der Waals surface area contributed by atoms with Gasteiger partial charge in [0, 0.05) is 17.7 Å². The molecular formula is C10H13FN2O3. The van der Waals surface area contributed by atoms with E-state index in [1.54, 1.807) is 13.8 Å². The zero-order valence-corrected chi connectivity index (χ0v) is 9.07. The maximum absolute atomic E-state index is 12.9. The van der Waals surface area contributed by atoms with Crippen molar-refractivity contribution in [3.05, 3.63) is 34.1 Å². The molecule has 0 amide bonds. The van der Waals surface area contributed by atoms with Crippen LogP contribution in [0.3, 0.4) is 0 Å². The van der Waals surface area contributed by atoms with Gasteiger partial charge in [-0.25, -0.2) is 4.39 Å². The van der Waals surface area contributed by atoms with E-state index in [1.165, 1.54) is 0 Å². The van der Waals surface area contributed by atoms with Gasteiger partial charge in [-0.05, 0) is 19.9 Å². The molecule has 0 aliphatic rings. The molecule has 0 aromatic heterocycles. The third-order valence-corrected chi connectivity index (χ3v) is 1.72. The maximum atomic E-state index is 12.9. The number of ether oxygens (including phenoxy) is 1. The lowest BCUT2D eigenvalue weighted by Crippen LogP contribution is -2.38. The summed E-state index contributed by atoms with van der Waals surface area (Å²) in [4.78, 5) is 10.0. The first-order chi connectivity index (χ1) is 7.29. The SMILES string of the molecule is CC(C)(N)COc1cc(F)ccc1[N+](=O)[O-]. The number of nitrogens with two attached hydrogens (primary N) is 1. The quantitative estimate of drug-likeness (QED) is 0.630. The van der Waals surface area contributed by atoms with Crippen LogP contribution in [0, 0.1) is 15.9 Å². The van der Waals surface area contributed by atoms with Crippen LogP contribution >= 0.6 is 0 Å². The van der Waals surface area contributed by atoms with Crippen LogP contribution in [-0.2, 0) is 0 Å². The van der Waals surface area contributed by atoms with Gasteiger partial charge in [0.1, 0.15) is 12.4 Å². The number of benzene rings is 1. The zero-order chi connectivity index (χ0) is 12.3. The molecule has 88 valence electrons. The molecule has 6 heteroatoms. The van der Waals surface area contributed by atoms with E-state index in [1.807, 2.05) is 0 Å². The number of hydrogen-bond acceptors (Lipinski definition) is 4. The lowest BCUT2D eigenvalue weighted by Gasteiger charge is -2.18. The van der Waals surface area contributed by atoms with Crippen molar-refractivity contribution in [2.24, 2.45) is 5.73 Å². The highest BCUT2D eigenvalue weighted by atomic mass is 19.1. The molecule has 16 heavy (non-hydrogen) atoms. The highest BCUT2D eigenvalue weighted by Crippen LogP contribution is 2.27. The molecule has 0 radical (unpaired) electrons. The number of rotatable bonds is 4. The average molecular weight is 228 g/mol. The molecule has 0 spiro atoms. The molecule has 0 unspecified atom stereocenters. The van der Waals surface area contributed by atoms with E-state index in [4.69, 9.17) is 10.5 Å². The molecule has 5 nitrogen and oxygen atoms in total. The number of nitro groups is 1. The van der Waals surface area contributed by atoms with Crippen LogP contribution in [0.25, 0.3) is 0 Å². The number of nitro benzene ring substituents is 1. The summed E-state index contributed by atoms with van der Waals surface area (Å²) >= 11 is 0. The Morgan fingerprint density at radius 3 is 2.69 bits per heavy atom. The van der Waals surface area contributed by atoms with Crippen LogP contribution in [0.2, 0.25) is 0 Å². The lowest BCUT2D eigenvalue weighted by atomic mass is 10.1. The van der Waals surface area contributed by atoms with Crippen molar-refractivity contribution in [2.75, 3.05) is 6.61 Å². The van der Waals surface area contributed by atoms with Crippen LogP contribution in [0.1, 0.15) is 13.8 Å². The second kappa shape index (κ2) is 4.44.